The molecule has 0 saturated heterocycles. The molecule has 0 radical (unpaired) electrons. The molecule has 2 aromatic rings. The molecule has 33 heavy (non-hydrogen) atoms. The van der Waals surface area contributed by atoms with Gasteiger partial charge >= 0.3 is 7.82 Å². The third-order valence-electron chi connectivity index (χ3n) is 4.93. The number of ether oxygens (including phenoxy) is 1. The number of nitrogens with zero attached hydrogens (tertiary/aromatic N) is 1. The number of rotatable bonds is 9. The van der Waals surface area contributed by atoms with Gasteiger partial charge < -0.3 is 19.1 Å². The van der Waals surface area contributed by atoms with Gasteiger partial charge in [0.25, 0.3) is 11.5 Å². The number of pyridine rings is 1. The molecule has 0 spiro atoms. The number of carbonyl (C=O) groups excluding carboxylic acids is 1. The van der Waals surface area contributed by atoms with Crippen LogP contribution in [0.4, 0.5) is 8.78 Å². The number of aryl methyl sites for hydroxylation is 1. The molecular formula is C18H21F2N2O9PS. The molecule has 1 aromatic heterocycles. The summed E-state index contributed by atoms with van der Waals surface area (Å²) in [6, 6.07) is 4.42. The van der Waals surface area contributed by atoms with E-state index >= 15 is 0 Å². The highest BCUT2D eigenvalue weighted by Gasteiger charge is 2.44. The van der Waals surface area contributed by atoms with E-state index in [0.29, 0.717) is 6.26 Å². The van der Waals surface area contributed by atoms with Crippen LogP contribution < -0.4 is 15.8 Å². The van der Waals surface area contributed by atoms with Crippen molar-refractivity contribution in [3.05, 3.63) is 52.5 Å². The van der Waals surface area contributed by atoms with Crippen molar-refractivity contribution < 1.29 is 45.7 Å². The van der Waals surface area contributed by atoms with Crippen molar-refractivity contribution in [2.24, 2.45) is 0 Å². The van der Waals surface area contributed by atoms with E-state index in [1.165, 1.54) is 24.7 Å². The molecule has 0 aliphatic rings. The van der Waals surface area contributed by atoms with Crippen LogP contribution in [0.25, 0.3) is 11.1 Å². The van der Waals surface area contributed by atoms with Crippen molar-refractivity contribution in [1.82, 2.24) is 10.0 Å². The highest BCUT2D eigenvalue weighted by Crippen LogP contribution is 2.35. The number of halogens is 2. The van der Waals surface area contributed by atoms with E-state index in [-0.39, 0.29) is 16.9 Å². The van der Waals surface area contributed by atoms with Gasteiger partial charge in [0.15, 0.2) is 14.6 Å². The van der Waals surface area contributed by atoms with Crippen LogP contribution in [0.1, 0.15) is 13.3 Å². The Hall–Kier alpha value is -2.64. The Labute approximate surface area is 187 Å². The van der Waals surface area contributed by atoms with Gasteiger partial charge in [-0.2, -0.15) is 4.62 Å². The van der Waals surface area contributed by atoms with Crippen molar-refractivity contribution >= 4 is 23.6 Å². The van der Waals surface area contributed by atoms with Crippen molar-refractivity contribution in [3.8, 4) is 16.9 Å². The average molecular weight is 510 g/mol. The normalized spacial score (nSPS) is 13.9. The van der Waals surface area contributed by atoms with Crippen molar-refractivity contribution in [2.75, 3.05) is 13.4 Å². The molecule has 1 aromatic carbocycles. The lowest BCUT2D eigenvalue weighted by Gasteiger charge is -2.26. The highest BCUT2D eigenvalue weighted by molar-refractivity contribution is 7.92. The van der Waals surface area contributed by atoms with E-state index in [2.05, 4.69) is 4.62 Å². The smallest absolute Gasteiger partial charge is 0.491 e. The van der Waals surface area contributed by atoms with Crippen LogP contribution in [0.3, 0.4) is 0 Å². The number of nitrogens with one attached hydrogen (secondary N) is 1. The van der Waals surface area contributed by atoms with Gasteiger partial charge in [0.1, 0.15) is 17.4 Å². The lowest BCUT2D eigenvalue weighted by Crippen LogP contribution is -2.50. The fraction of sp³-hybridized carbons (Fsp3) is 0.333. The third-order valence-corrected chi connectivity index (χ3v) is 7.28. The number of sulfone groups is 1. The summed E-state index contributed by atoms with van der Waals surface area (Å²) in [7, 11) is -8.03. The van der Waals surface area contributed by atoms with E-state index in [1.54, 1.807) is 0 Å². The maximum atomic E-state index is 14.7. The summed E-state index contributed by atoms with van der Waals surface area (Å²) in [6.07, 6.45) is 0.842. The predicted octanol–water partition coefficient (Wildman–Crippen LogP) is 1.14. The second-order valence-electron chi connectivity index (χ2n) is 7.18. The lowest BCUT2D eigenvalue weighted by atomic mass is 10.0. The molecule has 15 heteroatoms. The van der Waals surface area contributed by atoms with Gasteiger partial charge in [-0.1, -0.05) is 0 Å². The molecule has 182 valence electrons. The Bertz CT molecular complexity index is 1280. The van der Waals surface area contributed by atoms with E-state index in [4.69, 9.17) is 14.5 Å². The standard InChI is InChI=1S/C18H21F2N2O9PS/c1-18(33(3,28)29,17(24)21-31-32(25,26)27)6-7-22-10-15(20)13(9-16(22)23)12-5-4-11(30-2)8-14(12)19/h4-5,8-10H,6-7H2,1-3H3,(H,21,24)(H2,25,26,27). The second-order valence-corrected chi connectivity index (χ2v) is 10.8. The first kappa shape index (κ1) is 26.6. The van der Waals surface area contributed by atoms with E-state index in [1.807, 2.05) is 0 Å². The monoisotopic (exact) mass is 510 g/mol. The molecule has 1 unspecified atom stereocenters. The van der Waals surface area contributed by atoms with Crippen LogP contribution in [0.2, 0.25) is 0 Å². The molecule has 1 heterocycles. The summed E-state index contributed by atoms with van der Waals surface area (Å²) >= 11 is 0. The van der Waals surface area contributed by atoms with Gasteiger partial charge in [0.2, 0.25) is 0 Å². The highest BCUT2D eigenvalue weighted by atomic mass is 32.2. The number of methoxy groups -OCH3 is 1. The minimum absolute atomic E-state index is 0.186. The Morgan fingerprint density at radius 2 is 1.85 bits per heavy atom. The first-order valence-corrected chi connectivity index (χ1v) is 12.5. The van der Waals surface area contributed by atoms with Crippen molar-refractivity contribution in [3.63, 3.8) is 0 Å². The summed E-state index contributed by atoms with van der Waals surface area (Å²) in [4.78, 5) is 42.1. The molecule has 0 fully saturated rings. The summed E-state index contributed by atoms with van der Waals surface area (Å²) in [5.41, 5.74) is 0.0289. The van der Waals surface area contributed by atoms with Gasteiger partial charge in [-0.05, 0) is 25.5 Å². The van der Waals surface area contributed by atoms with Gasteiger partial charge in [-0.25, -0.2) is 27.2 Å². The van der Waals surface area contributed by atoms with Crippen LogP contribution in [-0.4, -0.2) is 46.8 Å². The SMILES string of the molecule is COc1ccc(-c2cc(=O)n(CCC(C)(C(=O)NOP(=O)(O)O)S(C)(=O)=O)cc2F)c(F)c1. The number of aromatic nitrogens is 1. The lowest BCUT2D eigenvalue weighted by molar-refractivity contribution is -0.131. The first-order valence-electron chi connectivity index (χ1n) is 9.07. The minimum Gasteiger partial charge on any atom is -0.497 e. The van der Waals surface area contributed by atoms with Gasteiger partial charge in [0, 0.05) is 42.3 Å². The fourth-order valence-electron chi connectivity index (χ4n) is 2.78. The average Bonchev–Trinajstić information content (AvgIpc) is 2.70. The first-order chi connectivity index (χ1) is 15.1. The number of benzene rings is 1. The molecule has 3 N–H and O–H groups in total. The van der Waals surface area contributed by atoms with Crippen LogP contribution in [-0.2, 0) is 30.4 Å². The van der Waals surface area contributed by atoms with Gasteiger partial charge in [-0.3, -0.25) is 9.59 Å². The molecule has 0 saturated carbocycles. The van der Waals surface area contributed by atoms with Crippen LogP contribution >= 0.6 is 7.82 Å². The van der Waals surface area contributed by atoms with E-state index in [0.717, 1.165) is 29.8 Å². The number of phosphoric acid groups is 1. The Balaban J connectivity index is 2.34. The van der Waals surface area contributed by atoms with Crippen LogP contribution in [0.15, 0.2) is 35.3 Å². The van der Waals surface area contributed by atoms with E-state index in [9.17, 15) is 31.4 Å². The van der Waals surface area contributed by atoms with E-state index < -0.39 is 58.5 Å². The summed E-state index contributed by atoms with van der Waals surface area (Å²) < 4.78 is 71.3. The number of hydroxylamine groups is 1. The van der Waals surface area contributed by atoms with Gasteiger partial charge in [-0.15, -0.1) is 0 Å². The molecule has 0 aliphatic heterocycles. The zero-order valence-corrected chi connectivity index (χ0v) is 19.3. The fourth-order valence-corrected chi connectivity index (χ4v) is 3.82. The van der Waals surface area contributed by atoms with Crippen LogP contribution in [0, 0.1) is 11.6 Å². The topological polar surface area (TPSA) is 161 Å². The summed E-state index contributed by atoms with van der Waals surface area (Å²) in [6.45, 7) is 0.469. The molecule has 0 bridgehead atoms. The molecule has 1 amide bonds. The van der Waals surface area contributed by atoms with Crippen molar-refractivity contribution in [1.29, 1.82) is 0 Å². The maximum absolute atomic E-state index is 14.7. The van der Waals surface area contributed by atoms with Gasteiger partial charge in [0.05, 0.1) is 7.11 Å². The number of hydrogen-bond donors (Lipinski definition) is 3. The second kappa shape index (κ2) is 9.69. The number of amides is 1. The largest absolute Gasteiger partial charge is 0.497 e. The number of carbonyl (C=O) groups is 1. The molecule has 11 nitrogen and oxygen atoms in total. The molecule has 2 rings (SSSR count). The molecule has 0 aliphatic carbocycles. The third kappa shape index (κ3) is 6.24. The summed E-state index contributed by atoms with van der Waals surface area (Å²) in [5, 5.41) is 0. The molecular weight excluding hydrogens is 489 g/mol. The Morgan fingerprint density at radius 1 is 1.21 bits per heavy atom. The Kier molecular flexibility index (Phi) is 7.82. The Morgan fingerprint density at radius 3 is 2.36 bits per heavy atom. The number of hydrogen-bond acceptors (Lipinski definition) is 7. The van der Waals surface area contributed by atoms with Crippen LogP contribution in [0.5, 0.6) is 5.75 Å². The summed E-state index contributed by atoms with van der Waals surface area (Å²) in [5.74, 6) is -3.05. The predicted molar refractivity (Wildman–Crippen MR) is 112 cm³/mol. The quantitative estimate of drug-likeness (QED) is 0.332. The maximum Gasteiger partial charge on any atom is 0.491 e. The van der Waals surface area contributed by atoms with Crippen molar-refractivity contribution in [2.45, 2.75) is 24.6 Å². The zero-order valence-electron chi connectivity index (χ0n) is 17.6. The minimum atomic E-state index is -5.15. The zero-order chi connectivity index (χ0) is 25.2. The molecule has 1 atom stereocenters.